The van der Waals surface area contributed by atoms with E-state index in [1.807, 2.05) is 31.2 Å². The summed E-state index contributed by atoms with van der Waals surface area (Å²) in [5.74, 6) is 1.71. The minimum atomic E-state index is 0. The van der Waals surface area contributed by atoms with Gasteiger partial charge in [0.15, 0.2) is 5.96 Å². The van der Waals surface area contributed by atoms with E-state index in [9.17, 15) is 4.79 Å². The predicted octanol–water partition coefficient (Wildman–Crippen LogP) is 3.12. The van der Waals surface area contributed by atoms with Crippen molar-refractivity contribution >= 4 is 41.5 Å². The smallest absolute Gasteiger partial charge is 0.224 e. The van der Waals surface area contributed by atoms with Crippen LogP contribution >= 0.6 is 24.0 Å². The highest BCUT2D eigenvalue weighted by atomic mass is 127. The Balaban J connectivity index is 0.00000264. The molecule has 0 atom stereocenters. The summed E-state index contributed by atoms with van der Waals surface area (Å²) in [6.07, 6.45) is 4.06. The third-order valence-electron chi connectivity index (χ3n) is 3.63. The minimum absolute atomic E-state index is 0. The Labute approximate surface area is 155 Å². The summed E-state index contributed by atoms with van der Waals surface area (Å²) in [6.45, 7) is 3.68. The van der Waals surface area contributed by atoms with E-state index in [0.717, 1.165) is 36.1 Å². The number of anilines is 1. The number of aliphatic imine (C=N–C) groups is 1. The number of nitrogens with one attached hydrogen (secondary N) is 3. The summed E-state index contributed by atoms with van der Waals surface area (Å²) in [5.41, 5.74) is 1.96. The van der Waals surface area contributed by atoms with Gasteiger partial charge in [0.2, 0.25) is 5.91 Å². The van der Waals surface area contributed by atoms with E-state index in [1.54, 1.807) is 7.05 Å². The first kappa shape index (κ1) is 19.7. The second-order valence-electron chi connectivity index (χ2n) is 5.75. The van der Waals surface area contributed by atoms with Gasteiger partial charge in [-0.3, -0.25) is 9.79 Å². The molecule has 0 bridgehead atoms. The molecular weight excluding hydrogens is 403 g/mol. The zero-order valence-corrected chi connectivity index (χ0v) is 16.2. The van der Waals surface area contributed by atoms with E-state index in [1.165, 1.54) is 12.8 Å². The highest BCUT2D eigenvalue weighted by Crippen LogP contribution is 2.27. The Hall–Kier alpha value is -1.31. The summed E-state index contributed by atoms with van der Waals surface area (Å²) in [7, 11) is 1.78. The Kier molecular flexibility index (Phi) is 8.98. The van der Waals surface area contributed by atoms with Crippen LogP contribution in [0.4, 0.5) is 5.69 Å². The fourth-order valence-electron chi connectivity index (χ4n) is 2.18. The molecule has 1 fully saturated rings. The van der Waals surface area contributed by atoms with Gasteiger partial charge in [-0.15, -0.1) is 24.0 Å². The molecule has 23 heavy (non-hydrogen) atoms. The fourth-order valence-corrected chi connectivity index (χ4v) is 2.18. The van der Waals surface area contributed by atoms with Crippen LogP contribution in [0, 0.1) is 5.92 Å². The van der Waals surface area contributed by atoms with E-state index in [2.05, 4.69) is 20.9 Å². The second-order valence-corrected chi connectivity index (χ2v) is 5.75. The molecule has 0 heterocycles. The molecule has 128 valence electrons. The molecule has 1 aliphatic rings. The SMILES string of the molecule is CCCC(=O)Nc1cccc(CNC(=NC)NCC2CC2)c1.I. The van der Waals surface area contributed by atoms with Crippen LogP contribution in [0.25, 0.3) is 0 Å². The van der Waals surface area contributed by atoms with Crippen molar-refractivity contribution in [2.75, 3.05) is 18.9 Å². The van der Waals surface area contributed by atoms with Gasteiger partial charge in [0.25, 0.3) is 0 Å². The number of halogens is 1. The molecule has 1 aliphatic carbocycles. The summed E-state index contributed by atoms with van der Waals surface area (Å²) < 4.78 is 0. The molecular formula is C17H27IN4O. The van der Waals surface area contributed by atoms with E-state index >= 15 is 0 Å². The van der Waals surface area contributed by atoms with E-state index in [0.29, 0.717) is 13.0 Å². The fraction of sp³-hybridized carbons (Fsp3) is 0.529. The normalized spacial score (nSPS) is 13.9. The molecule has 2 rings (SSSR count). The first-order valence-electron chi connectivity index (χ1n) is 8.04. The molecule has 6 heteroatoms. The average molecular weight is 430 g/mol. The number of carbonyl (C=O) groups is 1. The first-order chi connectivity index (χ1) is 10.7. The molecule has 0 radical (unpaired) electrons. The first-order valence-corrected chi connectivity index (χ1v) is 8.04. The second kappa shape index (κ2) is 10.5. The number of hydrogen-bond donors (Lipinski definition) is 3. The van der Waals surface area contributed by atoms with Crippen LogP contribution in [0.15, 0.2) is 29.3 Å². The van der Waals surface area contributed by atoms with Crippen molar-refractivity contribution in [2.24, 2.45) is 10.9 Å². The van der Waals surface area contributed by atoms with Gasteiger partial charge < -0.3 is 16.0 Å². The molecule has 1 aromatic carbocycles. The maximum atomic E-state index is 11.6. The quantitative estimate of drug-likeness (QED) is 0.354. The van der Waals surface area contributed by atoms with Crippen molar-refractivity contribution in [3.05, 3.63) is 29.8 Å². The van der Waals surface area contributed by atoms with Crippen LogP contribution < -0.4 is 16.0 Å². The van der Waals surface area contributed by atoms with Crippen LogP contribution in [-0.4, -0.2) is 25.5 Å². The lowest BCUT2D eigenvalue weighted by Gasteiger charge is -2.12. The molecule has 3 N–H and O–H groups in total. The van der Waals surface area contributed by atoms with Gasteiger partial charge >= 0.3 is 0 Å². The number of carbonyl (C=O) groups excluding carboxylic acids is 1. The number of amides is 1. The lowest BCUT2D eigenvalue weighted by Crippen LogP contribution is -2.37. The molecule has 0 saturated heterocycles. The maximum absolute atomic E-state index is 11.6. The van der Waals surface area contributed by atoms with Crippen LogP contribution in [-0.2, 0) is 11.3 Å². The van der Waals surface area contributed by atoms with Crippen molar-refractivity contribution in [1.29, 1.82) is 0 Å². The molecule has 1 amide bonds. The van der Waals surface area contributed by atoms with Crippen LogP contribution in [0.3, 0.4) is 0 Å². The van der Waals surface area contributed by atoms with Crippen molar-refractivity contribution in [3.8, 4) is 0 Å². The van der Waals surface area contributed by atoms with Gasteiger partial charge in [-0.25, -0.2) is 0 Å². The van der Waals surface area contributed by atoms with Crippen molar-refractivity contribution in [3.63, 3.8) is 0 Å². The summed E-state index contributed by atoms with van der Waals surface area (Å²) in [5, 5.41) is 9.56. The van der Waals surface area contributed by atoms with Crippen LogP contribution in [0.5, 0.6) is 0 Å². The van der Waals surface area contributed by atoms with E-state index in [-0.39, 0.29) is 29.9 Å². The molecule has 0 unspecified atom stereocenters. The lowest BCUT2D eigenvalue weighted by atomic mass is 10.2. The predicted molar refractivity (Wildman–Crippen MR) is 106 cm³/mol. The molecule has 0 aromatic heterocycles. The van der Waals surface area contributed by atoms with Gasteiger partial charge in [0.05, 0.1) is 0 Å². The van der Waals surface area contributed by atoms with Crippen molar-refractivity contribution in [1.82, 2.24) is 10.6 Å². The lowest BCUT2D eigenvalue weighted by molar-refractivity contribution is -0.116. The summed E-state index contributed by atoms with van der Waals surface area (Å²) >= 11 is 0. The number of guanidine groups is 1. The zero-order valence-electron chi connectivity index (χ0n) is 13.9. The molecule has 1 aromatic rings. The van der Waals surface area contributed by atoms with Gasteiger partial charge in [0, 0.05) is 32.2 Å². The highest BCUT2D eigenvalue weighted by molar-refractivity contribution is 14.0. The molecule has 0 aliphatic heterocycles. The largest absolute Gasteiger partial charge is 0.356 e. The molecule has 0 spiro atoms. The van der Waals surface area contributed by atoms with Gasteiger partial charge in [-0.2, -0.15) is 0 Å². The van der Waals surface area contributed by atoms with Crippen LogP contribution in [0.1, 0.15) is 38.2 Å². The highest BCUT2D eigenvalue weighted by Gasteiger charge is 2.20. The third-order valence-corrected chi connectivity index (χ3v) is 3.63. The van der Waals surface area contributed by atoms with Gasteiger partial charge in [-0.1, -0.05) is 19.1 Å². The summed E-state index contributed by atoms with van der Waals surface area (Å²) in [4.78, 5) is 15.9. The van der Waals surface area contributed by atoms with Gasteiger partial charge in [-0.05, 0) is 42.9 Å². The minimum Gasteiger partial charge on any atom is -0.356 e. The summed E-state index contributed by atoms with van der Waals surface area (Å²) in [6, 6.07) is 7.90. The topological polar surface area (TPSA) is 65.5 Å². The monoisotopic (exact) mass is 430 g/mol. The van der Waals surface area contributed by atoms with Crippen molar-refractivity contribution in [2.45, 2.75) is 39.2 Å². The Morgan fingerprint density at radius 3 is 2.74 bits per heavy atom. The number of hydrogen-bond acceptors (Lipinski definition) is 2. The Morgan fingerprint density at radius 1 is 1.30 bits per heavy atom. The van der Waals surface area contributed by atoms with E-state index in [4.69, 9.17) is 0 Å². The van der Waals surface area contributed by atoms with Crippen molar-refractivity contribution < 1.29 is 4.79 Å². The number of nitrogens with zero attached hydrogens (tertiary/aromatic N) is 1. The number of benzene rings is 1. The Morgan fingerprint density at radius 2 is 2.09 bits per heavy atom. The third kappa shape index (κ3) is 7.67. The molecule has 1 saturated carbocycles. The Bertz CT molecular complexity index is 529. The molecule has 5 nitrogen and oxygen atoms in total. The standard InChI is InChI=1S/C17H26N4O.HI/c1-3-5-16(22)21-15-7-4-6-14(10-15)12-20-17(18-2)19-11-13-8-9-13;/h4,6-7,10,13H,3,5,8-9,11-12H2,1-2H3,(H,21,22)(H2,18,19,20);1H. The average Bonchev–Trinajstić information content (AvgIpc) is 3.32. The van der Waals surface area contributed by atoms with Gasteiger partial charge in [0.1, 0.15) is 0 Å². The zero-order chi connectivity index (χ0) is 15.8. The van der Waals surface area contributed by atoms with Crippen LogP contribution in [0.2, 0.25) is 0 Å². The number of rotatable bonds is 7. The maximum Gasteiger partial charge on any atom is 0.224 e. The van der Waals surface area contributed by atoms with E-state index < -0.39 is 0 Å².